The molecule has 13 heavy (non-hydrogen) atoms. The highest BCUT2D eigenvalue weighted by Gasteiger charge is 2.27. The van der Waals surface area contributed by atoms with Gasteiger partial charge in [-0.05, 0) is 13.8 Å². The minimum atomic E-state index is -0.958. The molecule has 1 aromatic heterocycles. The number of thiocarbonyl (C=S) groups is 1. The Morgan fingerprint density at radius 3 is 2.08 bits per heavy atom. The van der Waals surface area contributed by atoms with Gasteiger partial charge in [0.25, 0.3) is 0 Å². The largest absolute Gasteiger partial charge is 0.391 e. The fourth-order valence-electron chi connectivity index (χ4n) is 0.929. The third-order valence-electron chi connectivity index (χ3n) is 1.84. The Morgan fingerprint density at radius 1 is 1.38 bits per heavy atom. The zero-order valence-corrected chi connectivity index (χ0v) is 8.07. The van der Waals surface area contributed by atoms with Crippen molar-refractivity contribution in [3.8, 4) is 0 Å². The number of aromatic amines is 2. The Kier molecular flexibility index (Phi) is 2.12. The second-order valence-electron chi connectivity index (χ2n) is 3.12. The monoisotopic (exact) mass is 202 g/mol. The van der Waals surface area contributed by atoms with Crippen molar-refractivity contribution in [2.45, 2.75) is 19.4 Å². The van der Waals surface area contributed by atoms with E-state index in [2.05, 4.69) is 10.2 Å². The van der Waals surface area contributed by atoms with Crippen molar-refractivity contribution in [3.63, 3.8) is 0 Å². The van der Waals surface area contributed by atoms with E-state index in [9.17, 15) is 9.59 Å². The van der Waals surface area contributed by atoms with Gasteiger partial charge in [-0.25, -0.2) is 24.4 Å². The van der Waals surface area contributed by atoms with Crippen molar-refractivity contribution in [3.05, 3.63) is 21.0 Å². The third kappa shape index (κ3) is 1.42. The van der Waals surface area contributed by atoms with Gasteiger partial charge in [0, 0.05) is 0 Å². The first kappa shape index (κ1) is 9.72. The maximum Gasteiger partial charge on any atom is 0.345 e. The lowest BCUT2D eigenvalue weighted by Gasteiger charge is -2.21. The molecule has 6 nitrogen and oxygen atoms in total. The molecule has 0 unspecified atom stereocenters. The highest BCUT2D eigenvalue weighted by Crippen LogP contribution is 2.09. The maximum atomic E-state index is 11.2. The first-order valence-corrected chi connectivity index (χ1v) is 3.98. The van der Waals surface area contributed by atoms with Crippen LogP contribution in [0.25, 0.3) is 0 Å². The lowest BCUT2D eigenvalue weighted by molar-refractivity contribution is 0.464. The van der Waals surface area contributed by atoms with Crippen LogP contribution in [0.1, 0.15) is 13.8 Å². The zero-order chi connectivity index (χ0) is 10.2. The molecule has 0 bridgehead atoms. The number of nitrogens with two attached hydrogens (primary N) is 1. The van der Waals surface area contributed by atoms with Crippen LogP contribution in [0.15, 0.2) is 9.59 Å². The van der Waals surface area contributed by atoms with E-state index >= 15 is 0 Å². The van der Waals surface area contributed by atoms with Crippen LogP contribution in [0.4, 0.5) is 0 Å². The van der Waals surface area contributed by atoms with Gasteiger partial charge in [-0.2, -0.15) is 0 Å². The molecule has 0 amide bonds. The number of aromatic nitrogens is 3. The molecular weight excluding hydrogens is 192 g/mol. The van der Waals surface area contributed by atoms with Gasteiger partial charge in [-0.1, -0.05) is 12.2 Å². The third-order valence-corrected chi connectivity index (χ3v) is 2.34. The first-order valence-electron chi connectivity index (χ1n) is 3.57. The van der Waals surface area contributed by atoms with Gasteiger partial charge >= 0.3 is 11.4 Å². The summed E-state index contributed by atoms with van der Waals surface area (Å²) in [6, 6.07) is 0. The zero-order valence-electron chi connectivity index (χ0n) is 7.25. The molecule has 0 aliphatic rings. The summed E-state index contributed by atoms with van der Waals surface area (Å²) >= 11 is 4.75. The van der Waals surface area contributed by atoms with Gasteiger partial charge < -0.3 is 5.73 Å². The highest BCUT2D eigenvalue weighted by molar-refractivity contribution is 7.80. The molecule has 4 N–H and O–H groups in total. The van der Waals surface area contributed by atoms with Crippen LogP contribution in [0.5, 0.6) is 0 Å². The van der Waals surface area contributed by atoms with Gasteiger partial charge in [0.2, 0.25) is 0 Å². The Labute approximate surface area is 78.7 Å². The summed E-state index contributed by atoms with van der Waals surface area (Å²) in [5.74, 6) is 0. The molecule has 1 heterocycles. The van der Waals surface area contributed by atoms with E-state index < -0.39 is 16.9 Å². The van der Waals surface area contributed by atoms with Gasteiger partial charge in [-0.3, -0.25) is 0 Å². The number of nitrogens with one attached hydrogen (secondary N) is 2. The van der Waals surface area contributed by atoms with Crippen LogP contribution in [0, 0.1) is 0 Å². The molecule has 1 rings (SSSR count). The number of H-pyrrole nitrogens is 2. The molecule has 7 heteroatoms. The summed E-state index contributed by atoms with van der Waals surface area (Å²) < 4.78 is 0.940. The van der Waals surface area contributed by atoms with Crippen molar-refractivity contribution < 1.29 is 0 Å². The van der Waals surface area contributed by atoms with Gasteiger partial charge in [0.1, 0.15) is 0 Å². The van der Waals surface area contributed by atoms with Crippen LogP contribution in [-0.2, 0) is 5.54 Å². The van der Waals surface area contributed by atoms with E-state index in [1.54, 1.807) is 13.8 Å². The van der Waals surface area contributed by atoms with Gasteiger partial charge in [-0.15, -0.1) is 0 Å². The molecule has 0 aliphatic heterocycles. The summed E-state index contributed by atoms with van der Waals surface area (Å²) in [5.41, 5.74) is 3.34. The molecule has 0 spiro atoms. The van der Waals surface area contributed by atoms with Crippen molar-refractivity contribution in [2.24, 2.45) is 5.73 Å². The van der Waals surface area contributed by atoms with Crippen LogP contribution in [0.3, 0.4) is 0 Å². The minimum absolute atomic E-state index is 0.0831. The standard InChI is InChI=1S/C6H10N4O2S/c1-6(2,3(7)13)10-4(11)8-9-5(10)12/h1-2H3,(H2,7,13)(H,8,11)(H,9,12). The van der Waals surface area contributed by atoms with Crippen LogP contribution < -0.4 is 17.1 Å². The molecule has 0 fully saturated rings. The summed E-state index contributed by atoms with van der Waals surface area (Å²) in [4.78, 5) is 22.4. The van der Waals surface area contributed by atoms with Gasteiger partial charge in [0.15, 0.2) is 0 Å². The fourth-order valence-corrected chi connectivity index (χ4v) is 1.02. The van der Waals surface area contributed by atoms with Crippen molar-refractivity contribution in [1.82, 2.24) is 14.8 Å². The van der Waals surface area contributed by atoms with E-state index in [-0.39, 0.29) is 4.99 Å². The Bertz CT molecular complexity index is 410. The summed E-state index contributed by atoms with van der Waals surface area (Å²) in [6.45, 7) is 3.19. The van der Waals surface area contributed by atoms with E-state index in [0.717, 1.165) is 4.57 Å². The molecule has 72 valence electrons. The summed E-state index contributed by atoms with van der Waals surface area (Å²) in [6.07, 6.45) is 0. The number of hydrogen-bond acceptors (Lipinski definition) is 3. The molecule has 1 aromatic rings. The molecule has 0 aromatic carbocycles. The molecule has 0 aliphatic carbocycles. The number of nitrogens with zero attached hydrogens (tertiary/aromatic N) is 1. The second kappa shape index (κ2) is 2.84. The van der Waals surface area contributed by atoms with Gasteiger partial charge in [0.05, 0.1) is 10.5 Å². The maximum absolute atomic E-state index is 11.2. The van der Waals surface area contributed by atoms with E-state index in [4.69, 9.17) is 18.0 Å². The van der Waals surface area contributed by atoms with E-state index in [1.807, 2.05) is 0 Å². The van der Waals surface area contributed by atoms with Crippen LogP contribution >= 0.6 is 12.2 Å². The topological polar surface area (TPSA) is 96.7 Å². The number of rotatable bonds is 2. The summed E-state index contributed by atoms with van der Waals surface area (Å²) in [5, 5.41) is 4.31. The minimum Gasteiger partial charge on any atom is -0.391 e. The van der Waals surface area contributed by atoms with Crippen molar-refractivity contribution in [2.75, 3.05) is 0 Å². The Hall–Kier alpha value is -1.37. The molecule has 0 saturated carbocycles. The van der Waals surface area contributed by atoms with E-state index in [1.165, 1.54) is 0 Å². The average Bonchev–Trinajstić information content (AvgIpc) is 2.30. The SMILES string of the molecule is CC(C)(C(N)=S)n1c(=O)[nH][nH]c1=O. The van der Waals surface area contributed by atoms with Crippen LogP contribution in [0.2, 0.25) is 0 Å². The lowest BCUT2D eigenvalue weighted by Crippen LogP contribution is -2.49. The smallest absolute Gasteiger partial charge is 0.345 e. The van der Waals surface area contributed by atoms with Crippen LogP contribution in [-0.4, -0.2) is 19.8 Å². The second-order valence-corrected chi connectivity index (χ2v) is 3.56. The van der Waals surface area contributed by atoms with Crippen molar-refractivity contribution >= 4 is 17.2 Å². The Morgan fingerprint density at radius 2 is 1.77 bits per heavy atom. The predicted octanol–water partition coefficient (Wildman–Crippen LogP) is -1.11. The van der Waals surface area contributed by atoms with E-state index in [0.29, 0.717) is 0 Å². The average molecular weight is 202 g/mol. The Balaban J connectivity index is 3.46. The molecular formula is C6H10N4O2S. The fraction of sp³-hybridized carbons (Fsp3) is 0.500. The summed E-state index contributed by atoms with van der Waals surface area (Å²) in [7, 11) is 0. The number of hydrogen-bond donors (Lipinski definition) is 3. The first-order chi connectivity index (χ1) is 5.87. The quantitative estimate of drug-likeness (QED) is 0.529. The molecule has 0 atom stereocenters. The molecule has 0 radical (unpaired) electrons. The normalized spacial score (nSPS) is 11.5. The predicted molar refractivity (Wildman–Crippen MR) is 51.8 cm³/mol. The lowest BCUT2D eigenvalue weighted by atomic mass is 10.1. The molecule has 0 saturated heterocycles. The highest BCUT2D eigenvalue weighted by atomic mass is 32.1. The van der Waals surface area contributed by atoms with Crippen molar-refractivity contribution in [1.29, 1.82) is 0 Å².